The first-order chi connectivity index (χ1) is 9.20. The Morgan fingerprint density at radius 1 is 1.37 bits per heavy atom. The third-order valence-electron chi connectivity index (χ3n) is 2.75. The van der Waals surface area contributed by atoms with E-state index in [4.69, 9.17) is 10.00 Å². The number of ether oxygens (including phenoxy) is 1. The van der Waals surface area contributed by atoms with Crippen LogP contribution in [0.25, 0.3) is 0 Å². The molecule has 2 rings (SSSR count). The first-order valence-corrected chi connectivity index (χ1v) is 6.86. The molecule has 0 radical (unpaired) electrons. The molecule has 1 aromatic heterocycles. The molecular weight excluding hydrogens is 260 g/mol. The summed E-state index contributed by atoms with van der Waals surface area (Å²) in [6.07, 6.45) is 0.775. The van der Waals surface area contributed by atoms with Crippen LogP contribution >= 0.6 is 11.3 Å². The molecule has 4 nitrogen and oxygen atoms in total. The van der Waals surface area contributed by atoms with Gasteiger partial charge >= 0.3 is 4.87 Å². The monoisotopic (exact) mass is 274 g/mol. The van der Waals surface area contributed by atoms with Crippen LogP contribution in [-0.2, 0) is 6.54 Å². The topological polar surface area (TPSA) is 55.0 Å². The molecule has 0 bridgehead atoms. The van der Waals surface area contributed by atoms with Crippen LogP contribution in [-0.4, -0.2) is 11.2 Å². The summed E-state index contributed by atoms with van der Waals surface area (Å²) in [6.45, 7) is 3.15. The van der Waals surface area contributed by atoms with Gasteiger partial charge in [-0.25, -0.2) is 0 Å². The Hall–Kier alpha value is -2.06. The van der Waals surface area contributed by atoms with Crippen LogP contribution in [0.1, 0.15) is 17.7 Å². The van der Waals surface area contributed by atoms with Gasteiger partial charge in [-0.2, -0.15) is 5.26 Å². The summed E-state index contributed by atoms with van der Waals surface area (Å²) < 4.78 is 7.32. The predicted octanol–water partition coefficient (Wildman–Crippen LogP) is 2.56. The largest absolute Gasteiger partial charge is 0.494 e. The Bertz CT molecular complexity index is 635. The maximum Gasteiger partial charge on any atom is 0.307 e. The highest BCUT2D eigenvalue weighted by molar-refractivity contribution is 7.07. The van der Waals surface area contributed by atoms with Crippen molar-refractivity contribution in [1.29, 1.82) is 5.26 Å². The maximum absolute atomic E-state index is 11.5. The molecule has 0 amide bonds. The third-order valence-corrected chi connectivity index (χ3v) is 3.64. The zero-order valence-corrected chi connectivity index (χ0v) is 11.4. The molecule has 0 aliphatic heterocycles. The molecule has 19 heavy (non-hydrogen) atoms. The van der Waals surface area contributed by atoms with Gasteiger partial charge < -0.3 is 9.30 Å². The van der Waals surface area contributed by atoms with Gasteiger partial charge in [-0.05, 0) is 37.6 Å². The highest BCUT2D eigenvalue weighted by Crippen LogP contribution is 2.12. The minimum absolute atomic E-state index is 0.0795. The summed E-state index contributed by atoms with van der Waals surface area (Å²) in [5.74, 6) is 0.744. The highest BCUT2D eigenvalue weighted by atomic mass is 32.1. The van der Waals surface area contributed by atoms with Gasteiger partial charge in [0.2, 0.25) is 0 Å². The fraction of sp³-hybridized carbons (Fsp3) is 0.286. The molecule has 0 fully saturated rings. The van der Waals surface area contributed by atoms with Crippen molar-refractivity contribution in [3.63, 3.8) is 0 Å². The van der Waals surface area contributed by atoms with Gasteiger partial charge in [0.15, 0.2) is 0 Å². The number of hydrogen-bond donors (Lipinski definition) is 0. The van der Waals surface area contributed by atoms with Crippen LogP contribution in [0, 0.1) is 18.3 Å². The van der Waals surface area contributed by atoms with Crippen LogP contribution in [0.5, 0.6) is 5.75 Å². The molecule has 0 unspecified atom stereocenters. The van der Waals surface area contributed by atoms with Crippen LogP contribution in [0.3, 0.4) is 0 Å². The smallest absolute Gasteiger partial charge is 0.307 e. The minimum Gasteiger partial charge on any atom is -0.494 e. The lowest BCUT2D eigenvalue weighted by atomic mass is 10.2. The predicted molar refractivity (Wildman–Crippen MR) is 74.6 cm³/mol. The van der Waals surface area contributed by atoms with Gasteiger partial charge in [0.1, 0.15) is 5.75 Å². The van der Waals surface area contributed by atoms with E-state index < -0.39 is 0 Å². The van der Waals surface area contributed by atoms with Gasteiger partial charge in [0.25, 0.3) is 0 Å². The van der Waals surface area contributed by atoms with Crippen LogP contribution < -0.4 is 9.61 Å². The lowest BCUT2D eigenvalue weighted by Crippen LogP contribution is -2.16. The lowest BCUT2D eigenvalue weighted by molar-refractivity contribution is 0.301. The Labute approximate surface area is 115 Å². The molecular formula is C14H14N2O2S. The summed E-state index contributed by atoms with van der Waals surface area (Å²) in [4.78, 5) is 11.6. The quantitative estimate of drug-likeness (QED) is 0.787. The van der Waals surface area contributed by atoms with Gasteiger partial charge in [-0.1, -0.05) is 11.3 Å². The molecule has 2 aromatic rings. The van der Waals surface area contributed by atoms with Crippen LogP contribution in [0.4, 0.5) is 0 Å². The molecule has 1 heterocycles. The lowest BCUT2D eigenvalue weighted by Gasteiger charge is -2.07. The molecule has 5 heteroatoms. The maximum atomic E-state index is 11.5. The molecule has 0 atom stereocenters. The van der Waals surface area contributed by atoms with E-state index in [1.54, 1.807) is 28.8 Å². The average molecular weight is 274 g/mol. The molecule has 0 N–H and O–H groups in total. The first-order valence-electron chi connectivity index (χ1n) is 5.98. The van der Waals surface area contributed by atoms with Crippen molar-refractivity contribution in [2.45, 2.75) is 19.9 Å². The van der Waals surface area contributed by atoms with Crippen molar-refractivity contribution in [2.75, 3.05) is 6.61 Å². The van der Waals surface area contributed by atoms with Crippen LogP contribution in [0.15, 0.2) is 34.4 Å². The minimum atomic E-state index is 0.0795. The van der Waals surface area contributed by atoms with E-state index >= 15 is 0 Å². The summed E-state index contributed by atoms with van der Waals surface area (Å²) >= 11 is 1.23. The van der Waals surface area contributed by atoms with Gasteiger partial charge in [0, 0.05) is 17.6 Å². The van der Waals surface area contributed by atoms with E-state index in [9.17, 15) is 4.79 Å². The van der Waals surface area contributed by atoms with Gasteiger partial charge in [-0.3, -0.25) is 4.79 Å². The average Bonchev–Trinajstić information content (AvgIpc) is 2.75. The fourth-order valence-corrected chi connectivity index (χ4v) is 2.47. The molecule has 98 valence electrons. The fourth-order valence-electron chi connectivity index (χ4n) is 1.71. The second kappa shape index (κ2) is 6.21. The number of aromatic nitrogens is 1. The number of benzene rings is 1. The standard InChI is InChI=1S/C14H14N2O2S/c1-11-10-19-14(17)16(11)7-2-8-18-13-5-3-12(9-15)4-6-13/h3-6,10H,2,7-8H2,1H3. The van der Waals surface area contributed by atoms with E-state index in [1.807, 2.05) is 12.3 Å². The highest BCUT2D eigenvalue weighted by Gasteiger charge is 2.02. The zero-order chi connectivity index (χ0) is 13.7. The van der Waals surface area contributed by atoms with E-state index in [1.165, 1.54) is 11.3 Å². The molecule has 0 saturated heterocycles. The second-order valence-corrected chi connectivity index (χ2v) is 4.95. The molecule has 0 saturated carbocycles. The molecule has 0 aliphatic carbocycles. The third kappa shape index (κ3) is 3.46. The van der Waals surface area contributed by atoms with E-state index in [-0.39, 0.29) is 4.87 Å². The number of aryl methyl sites for hydroxylation is 1. The van der Waals surface area contributed by atoms with Crippen molar-refractivity contribution in [3.05, 3.63) is 50.6 Å². The number of nitriles is 1. The Morgan fingerprint density at radius 3 is 2.68 bits per heavy atom. The van der Waals surface area contributed by atoms with Gasteiger partial charge in [0.05, 0.1) is 18.2 Å². The summed E-state index contributed by atoms with van der Waals surface area (Å²) in [6, 6.07) is 9.07. The number of thiazole rings is 1. The Balaban J connectivity index is 1.81. The van der Waals surface area contributed by atoms with E-state index in [0.29, 0.717) is 18.7 Å². The van der Waals surface area contributed by atoms with Crippen molar-refractivity contribution < 1.29 is 4.74 Å². The van der Waals surface area contributed by atoms with Crippen molar-refractivity contribution >= 4 is 11.3 Å². The molecule has 1 aromatic carbocycles. The number of rotatable bonds is 5. The zero-order valence-electron chi connectivity index (χ0n) is 10.6. The van der Waals surface area contributed by atoms with Crippen molar-refractivity contribution in [3.8, 4) is 11.8 Å². The van der Waals surface area contributed by atoms with Gasteiger partial charge in [-0.15, -0.1) is 0 Å². The Morgan fingerprint density at radius 2 is 2.11 bits per heavy atom. The van der Waals surface area contributed by atoms with Crippen molar-refractivity contribution in [1.82, 2.24) is 4.57 Å². The SMILES string of the molecule is Cc1csc(=O)n1CCCOc1ccc(C#N)cc1. The molecule has 0 aliphatic rings. The number of nitrogens with zero attached hydrogens (tertiary/aromatic N) is 2. The van der Waals surface area contributed by atoms with E-state index in [2.05, 4.69) is 6.07 Å². The molecule has 0 spiro atoms. The summed E-state index contributed by atoms with van der Waals surface area (Å²) in [7, 11) is 0. The summed E-state index contributed by atoms with van der Waals surface area (Å²) in [5.41, 5.74) is 1.61. The normalized spacial score (nSPS) is 10.1. The second-order valence-electron chi connectivity index (χ2n) is 4.13. The van der Waals surface area contributed by atoms with Crippen LogP contribution in [0.2, 0.25) is 0 Å². The Kier molecular flexibility index (Phi) is 4.37. The van der Waals surface area contributed by atoms with E-state index in [0.717, 1.165) is 17.9 Å². The van der Waals surface area contributed by atoms with Crippen molar-refractivity contribution in [2.24, 2.45) is 0 Å². The summed E-state index contributed by atoms with van der Waals surface area (Å²) in [5, 5.41) is 10.5. The first kappa shape index (κ1) is 13.4. The number of hydrogen-bond acceptors (Lipinski definition) is 4.